The van der Waals surface area contributed by atoms with Crippen molar-refractivity contribution in [2.24, 2.45) is 5.41 Å². The normalized spacial score (nSPS) is 20.8. The number of nitrogens with one attached hydrogen (secondary N) is 1. The molecule has 1 atom stereocenters. The molecule has 0 aliphatic heterocycles. The van der Waals surface area contributed by atoms with Gasteiger partial charge in [0.2, 0.25) is 5.91 Å². The number of alkyl halides is 1. The second kappa shape index (κ2) is 7.13. The molecule has 104 valence electrons. The van der Waals surface area contributed by atoms with Gasteiger partial charge in [-0.1, -0.05) is 26.7 Å². The standard InChI is InChI=1S/C14H23ClFNO/c1-3-6-13(18)17-12(9-11(16)10-15)14(2)7-4-5-8-14/h9,12H,3-8,10H2,1-2H3,(H,17,18)/b11-9-/t12-/m1/s1. The highest BCUT2D eigenvalue weighted by Crippen LogP contribution is 2.41. The Hall–Kier alpha value is -0.570. The molecule has 0 spiro atoms. The van der Waals surface area contributed by atoms with Gasteiger partial charge in [0.05, 0.1) is 11.9 Å². The molecule has 0 heterocycles. The summed E-state index contributed by atoms with van der Waals surface area (Å²) in [6, 6.07) is -0.238. The van der Waals surface area contributed by atoms with Gasteiger partial charge in [0.1, 0.15) is 5.83 Å². The number of hydrogen-bond acceptors (Lipinski definition) is 1. The van der Waals surface area contributed by atoms with Crippen LogP contribution in [0.3, 0.4) is 0 Å². The van der Waals surface area contributed by atoms with Crippen molar-refractivity contribution < 1.29 is 9.18 Å². The molecule has 1 aliphatic rings. The lowest BCUT2D eigenvalue weighted by molar-refractivity contribution is -0.122. The van der Waals surface area contributed by atoms with Crippen LogP contribution in [0.4, 0.5) is 4.39 Å². The third-order valence-electron chi connectivity index (χ3n) is 3.77. The summed E-state index contributed by atoms with van der Waals surface area (Å²) in [6.45, 7) is 4.08. The predicted octanol–water partition coefficient (Wildman–Crippen LogP) is 3.94. The van der Waals surface area contributed by atoms with E-state index in [0.717, 1.165) is 32.1 Å². The summed E-state index contributed by atoms with van der Waals surface area (Å²) in [5, 5.41) is 2.95. The van der Waals surface area contributed by atoms with E-state index >= 15 is 0 Å². The number of carbonyl (C=O) groups excluding carboxylic acids is 1. The Bertz CT molecular complexity index is 311. The molecule has 18 heavy (non-hydrogen) atoms. The van der Waals surface area contributed by atoms with E-state index in [9.17, 15) is 9.18 Å². The van der Waals surface area contributed by atoms with Gasteiger partial charge in [-0.25, -0.2) is 4.39 Å². The maximum atomic E-state index is 13.4. The Morgan fingerprint density at radius 2 is 2.11 bits per heavy atom. The van der Waals surface area contributed by atoms with Crippen molar-refractivity contribution >= 4 is 17.5 Å². The number of halogens is 2. The summed E-state index contributed by atoms with van der Waals surface area (Å²) in [6.07, 6.45) is 7.12. The minimum atomic E-state index is -0.355. The van der Waals surface area contributed by atoms with Crippen molar-refractivity contribution in [1.82, 2.24) is 5.32 Å². The molecule has 0 unspecified atom stereocenters. The molecule has 2 nitrogen and oxygen atoms in total. The summed E-state index contributed by atoms with van der Waals surface area (Å²) >= 11 is 5.49. The van der Waals surface area contributed by atoms with Crippen molar-refractivity contribution in [3.8, 4) is 0 Å². The zero-order valence-corrected chi connectivity index (χ0v) is 12.0. The molecular weight excluding hydrogens is 253 g/mol. The number of rotatable bonds is 6. The molecule has 1 fully saturated rings. The molecular formula is C14H23ClFNO. The first-order chi connectivity index (χ1) is 8.51. The molecule has 0 bridgehead atoms. The van der Waals surface area contributed by atoms with Crippen molar-refractivity contribution in [3.05, 3.63) is 11.9 Å². The molecule has 0 saturated heterocycles. The molecule has 4 heteroatoms. The Morgan fingerprint density at radius 3 is 2.61 bits per heavy atom. The number of allylic oxidation sites excluding steroid dienone is 1. The second-order valence-corrected chi connectivity index (χ2v) is 5.67. The fraction of sp³-hybridized carbons (Fsp3) is 0.786. The maximum absolute atomic E-state index is 13.4. The van der Waals surface area contributed by atoms with Crippen molar-refractivity contribution in [2.45, 2.75) is 58.4 Å². The minimum Gasteiger partial charge on any atom is -0.349 e. The van der Waals surface area contributed by atoms with Crippen LogP contribution in [0, 0.1) is 5.41 Å². The maximum Gasteiger partial charge on any atom is 0.220 e. The van der Waals surface area contributed by atoms with Crippen molar-refractivity contribution in [1.29, 1.82) is 0 Å². The van der Waals surface area contributed by atoms with Gasteiger partial charge in [-0.2, -0.15) is 0 Å². The van der Waals surface area contributed by atoms with Crippen LogP contribution in [0.15, 0.2) is 11.9 Å². The highest BCUT2D eigenvalue weighted by molar-refractivity contribution is 6.19. The zero-order valence-electron chi connectivity index (χ0n) is 11.3. The summed E-state index contributed by atoms with van der Waals surface area (Å²) in [5.41, 5.74) is -0.0349. The van der Waals surface area contributed by atoms with Crippen molar-refractivity contribution in [2.75, 3.05) is 5.88 Å². The zero-order chi connectivity index (χ0) is 13.6. The van der Waals surface area contributed by atoms with Crippen LogP contribution < -0.4 is 5.32 Å². The second-order valence-electron chi connectivity index (χ2n) is 5.40. The summed E-state index contributed by atoms with van der Waals surface area (Å²) in [4.78, 5) is 11.7. The Labute approximate surface area is 114 Å². The monoisotopic (exact) mass is 275 g/mol. The van der Waals surface area contributed by atoms with Gasteiger partial charge in [-0.3, -0.25) is 4.79 Å². The summed E-state index contributed by atoms with van der Waals surface area (Å²) in [7, 11) is 0. The highest BCUT2D eigenvalue weighted by atomic mass is 35.5. The van der Waals surface area contributed by atoms with Gasteiger partial charge in [0.15, 0.2) is 0 Å². The van der Waals surface area contributed by atoms with E-state index in [1.807, 2.05) is 6.92 Å². The quantitative estimate of drug-likeness (QED) is 0.731. The lowest BCUT2D eigenvalue weighted by atomic mass is 9.80. The molecule has 1 aliphatic carbocycles. The van der Waals surface area contributed by atoms with Crippen LogP contribution in [-0.4, -0.2) is 17.8 Å². The van der Waals surface area contributed by atoms with Gasteiger partial charge >= 0.3 is 0 Å². The third-order valence-corrected chi connectivity index (χ3v) is 4.02. The van der Waals surface area contributed by atoms with E-state index in [4.69, 9.17) is 11.6 Å². The van der Waals surface area contributed by atoms with Gasteiger partial charge in [0.25, 0.3) is 0 Å². The van der Waals surface area contributed by atoms with E-state index in [0.29, 0.717) is 6.42 Å². The highest BCUT2D eigenvalue weighted by Gasteiger charge is 2.36. The molecule has 0 aromatic carbocycles. The Kier molecular flexibility index (Phi) is 6.13. The van der Waals surface area contributed by atoms with Crippen LogP contribution in [-0.2, 0) is 4.79 Å². The third kappa shape index (κ3) is 4.27. The topological polar surface area (TPSA) is 29.1 Å². The average Bonchev–Trinajstić information content (AvgIpc) is 2.76. The fourth-order valence-electron chi connectivity index (χ4n) is 2.61. The molecule has 0 radical (unpaired) electrons. The average molecular weight is 276 g/mol. The molecule has 1 saturated carbocycles. The van der Waals surface area contributed by atoms with Crippen molar-refractivity contribution in [3.63, 3.8) is 0 Å². The molecule has 0 aromatic heterocycles. The lowest BCUT2D eigenvalue weighted by Gasteiger charge is -2.32. The van der Waals surface area contributed by atoms with Crippen LogP contribution in [0.1, 0.15) is 52.4 Å². The van der Waals surface area contributed by atoms with E-state index in [1.165, 1.54) is 6.08 Å². The number of amides is 1. The van der Waals surface area contributed by atoms with Crippen LogP contribution in [0.25, 0.3) is 0 Å². The fourth-order valence-corrected chi connectivity index (χ4v) is 2.70. The van der Waals surface area contributed by atoms with E-state index in [1.54, 1.807) is 0 Å². The largest absolute Gasteiger partial charge is 0.349 e. The molecule has 1 N–H and O–H groups in total. The SMILES string of the molecule is CCCC(=O)N[C@H](/C=C(\F)CCl)C1(C)CCCC1. The first kappa shape index (κ1) is 15.5. The number of hydrogen-bond donors (Lipinski definition) is 1. The van der Waals surface area contributed by atoms with Gasteiger partial charge < -0.3 is 5.32 Å². The Balaban J connectivity index is 2.78. The lowest BCUT2D eigenvalue weighted by Crippen LogP contribution is -2.44. The smallest absolute Gasteiger partial charge is 0.220 e. The first-order valence-electron chi connectivity index (χ1n) is 6.73. The van der Waals surface area contributed by atoms with E-state index in [2.05, 4.69) is 12.2 Å². The van der Waals surface area contributed by atoms with E-state index in [-0.39, 0.29) is 29.1 Å². The van der Waals surface area contributed by atoms with Crippen LogP contribution >= 0.6 is 11.6 Å². The molecule has 1 amide bonds. The van der Waals surface area contributed by atoms with Gasteiger partial charge in [0, 0.05) is 6.42 Å². The summed E-state index contributed by atoms with van der Waals surface area (Å²) < 4.78 is 13.4. The first-order valence-corrected chi connectivity index (χ1v) is 7.27. The van der Waals surface area contributed by atoms with Crippen LogP contribution in [0.2, 0.25) is 0 Å². The molecule has 1 rings (SSSR count). The minimum absolute atomic E-state index is 0.00533. The number of carbonyl (C=O) groups is 1. The van der Waals surface area contributed by atoms with Crippen LogP contribution in [0.5, 0.6) is 0 Å². The van der Waals surface area contributed by atoms with Gasteiger partial charge in [-0.15, -0.1) is 11.6 Å². The predicted molar refractivity (Wildman–Crippen MR) is 73.3 cm³/mol. The Morgan fingerprint density at radius 1 is 1.50 bits per heavy atom. The van der Waals surface area contributed by atoms with Gasteiger partial charge in [-0.05, 0) is 30.8 Å². The van der Waals surface area contributed by atoms with E-state index < -0.39 is 0 Å². The molecule has 0 aromatic rings. The summed E-state index contributed by atoms with van der Waals surface area (Å²) in [5.74, 6) is -0.489.